The number of rotatable bonds is 7. The molecule has 3 rings (SSSR count). The van der Waals surface area contributed by atoms with E-state index in [4.69, 9.17) is 4.74 Å². The van der Waals surface area contributed by atoms with Gasteiger partial charge in [-0.15, -0.1) is 0 Å². The molecule has 4 heteroatoms. The Labute approximate surface area is 149 Å². The second-order valence-electron chi connectivity index (χ2n) is 8.79. The van der Waals surface area contributed by atoms with Gasteiger partial charge in [-0.2, -0.15) is 0 Å². The fourth-order valence-corrected chi connectivity index (χ4v) is 4.75. The highest BCUT2D eigenvalue weighted by Crippen LogP contribution is 2.27. The second kappa shape index (κ2) is 8.48. The third kappa shape index (κ3) is 4.72. The first kappa shape index (κ1) is 18.6. The summed E-state index contributed by atoms with van der Waals surface area (Å²) in [5, 5.41) is 0. The smallest absolute Gasteiger partial charge is 0.0717 e. The molecule has 0 N–H and O–H groups in total. The van der Waals surface area contributed by atoms with Crippen LogP contribution in [0.3, 0.4) is 0 Å². The van der Waals surface area contributed by atoms with Crippen LogP contribution in [0.2, 0.25) is 0 Å². The van der Waals surface area contributed by atoms with Gasteiger partial charge >= 0.3 is 0 Å². The lowest BCUT2D eigenvalue weighted by molar-refractivity contribution is -0.0506. The van der Waals surface area contributed by atoms with E-state index in [0.29, 0.717) is 18.2 Å². The van der Waals surface area contributed by atoms with E-state index in [2.05, 4.69) is 42.4 Å². The molecule has 0 aliphatic carbocycles. The molecular weight excluding hydrogens is 298 g/mol. The van der Waals surface area contributed by atoms with Crippen molar-refractivity contribution in [3.05, 3.63) is 0 Å². The third-order valence-corrected chi connectivity index (χ3v) is 6.63. The SMILES string of the molecule is CC(C)N1CCOC(CC(C)N2CCC(CC(C)N3CCC3)C2)C1. The Morgan fingerprint density at radius 2 is 1.58 bits per heavy atom. The predicted molar refractivity (Wildman–Crippen MR) is 100 cm³/mol. The number of ether oxygens (including phenoxy) is 1. The van der Waals surface area contributed by atoms with Crippen molar-refractivity contribution in [2.45, 2.75) is 77.6 Å². The Hall–Kier alpha value is -0.160. The van der Waals surface area contributed by atoms with Gasteiger partial charge in [-0.3, -0.25) is 4.90 Å². The molecular formula is C20H39N3O. The molecule has 0 radical (unpaired) electrons. The molecule has 0 aromatic heterocycles. The van der Waals surface area contributed by atoms with Gasteiger partial charge < -0.3 is 14.5 Å². The van der Waals surface area contributed by atoms with Crippen LogP contribution in [0, 0.1) is 5.92 Å². The first-order chi connectivity index (χ1) is 11.5. The number of nitrogens with zero attached hydrogens (tertiary/aromatic N) is 3. The zero-order chi connectivity index (χ0) is 17.1. The van der Waals surface area contributed by atoms with Crippen LogP contribution in [-0.4, -0.2) is 84.8 Å². The van der Waals surface area contributed by atoms with Crippen LogP contribution in [0.25, 0.3) is 0 Å². The van der Waals surface area contributed by atoms with Crippen molar-refractivity contribution >= 4 is 0 Å². The van der Waals surface area contributed by atoms with E-state index in [0.717, 1.165) is 31.7 Å². The Kier molecular flexibility index (Phi) is 6.58. The van der Waals surface area contributed by atoms with Crippen LogP contribution in [-0.2, 0) is 4.74 Å². The molecule has 0 aromatic carbocycles. The summed E-state index contributed by atoms with van der Waals surface area (Å²) in [7, 11) is 0. The molecule has 0 bridgehead atoms. The van der Waals surface area contributed by atoms with Gasteiger partial charge in [0.15, 0.2) is 0 Å². The van der Waals surface area contributed by atoms with Crippen LogP contribution in [0.1, 0.15) is 53.4 Å². The molecule has 24 heavy (non-hydrogen) atoms. The molecule has 3 fully saturated rings. The van der Waals surface area contributed by atoms with Crippen LogP contribution in [0.4, 0.5) is 0 Å². The largest absolute Gasteiger partial charge is 0.375 e. The van der Waals surface area contributed by atoms with E-state index in [1.165, 1.54) is 51.9 Å². The minimum absolute atomic E-state index is 0.426. The van der Waals surface area contributed by atoms with Crippen LogP contribution in [0.15, 0.2) is 0 Å². The van der Waals surface area contributed by atoms with Crippen LogP contribution < -0.4 is 0 Å². The van der Waals surface area contributed by atoms with Gasteiger partial charge in [-0.25, -0.2) is 0 Å². The summed E-state index contributed by atoms with van der Waals surface area (Å²) in [6, 6.07) is 2.09. The van der Waals surface area contributed by atoms with Crippen LogP contribution in [0.5, 0.6) is 0 Å². The highest BCUT2D eigenvalue weighted by Gasteiger charge is 2.31. The molecule has 4 unspecified atom stereocenters. The van der Waals surface area contributed by atoms with Gasteiger partial charge in [0.1, 0.15) is 0 Å². The molecule has 0 aromatic rings. The molecule has 3 saturated heterocycles. The van der Waals surface area contributed by atoms with Gasteiger partial charge in [0.2, 0.25) is 0 Å². The van der Waals surface area contributed by atoms with Crippen molar-refractivity contribution in [3.8, 4) is 0 Å². The molecule has 3 aliphatic heterocycles. The average Bonchev–Trinajstić information content (AvgIpc) is 2.94. The summed E-state index contributed by atoms with van der Waals surface area (Å²) in [6.07, 6.45) is 5.82. The van der Waals surface area contributed by atoms with Gasteiger partial charge in [0, 0.05) is 37.8 Å². The zero-order valence-corrected chi connectivity index (χ0v) is 16.4. The molecule has 0 saturated carbocycles. The van der Waals surface area contributed by atoms with Crippen molar-refractivity contribution in [2.75, 3.05) is 45.9 Å². The first-order valence-electron chi connectivity index (χ1n) is 10.4. The van der Waals surface area contributed by atoms with Crippen molar-refractivity contribution in [3.63, 3.8) is 0 Å². The Morgan fingerprint density at radius 1 is 0.833 bits per heavy atom. The normalized spacial score (nSPS) is 32.9. The van der Waals surface area contributed by atoms with E-state index in [9.17, 15) is 0 Å². The predicted octanol–water partition coefficient (Wildman–Crippen LogP) is 2.68. The van der Waals surface area contributed by atoms with E-state index in [1.54, 1.807) is 0 Å². The lowest BCUT2D eigenvalue weighted by Crippen LogP contribution is -2.48. The minimum atomic E-state index is 0.426. The van der Waals surface area contributed by atoms with Crippen molar-refractivity contribution in [1.29, 1.82) is 0 Å². The Morgan fingerprint density at radius 3 is 2.25 bits per heavy atom. The van der Waals surface area contributed by atoms with Crippen molar-refractivity contribution in [1.82, 2.24) is 14.7 Å². The third-order valence-electron chi connectivity index (χ3n) is 6.63. The van der Waals surface area contributed by atoms with E-state index in [1.807, 2.05) is 0 Å². The summed E-state index contributed by atoms with van der Waals surface area (Å²) in [6.45, 7) is 17.8. The summed E-state index contributed by atoms with van der Waals surface area (Å²) < 4.78 is 6.06. The maximum Gasteiger partial charge on any atom is 0.0717 e. The molecule has 0 spiro atoms. The van der Waals surface area contributed by atoms with Gasteiger partial charge in [-0.05, 0) is 78.9 Å². The monoisotopic (exact) mass is 337 g/mol. The average molecular weight is 338 g/mol. The second-order valence-corrected chi connectivity index (χ2v) is 8.79. The number of hydrogen-bond acceptors (Lipinski definition) is 4. The van der Waals surface area contributed by atoms with E-state index in [-0.39, 0.29) is 0 Å². The van der Waals surface area contributed by atoms with Crippen LogP contribution >= 0.6 is 0 Å². The highest BCUT2D eigenvalue weighted by atomic mass is 16.5. The van der Waals surface area contributed by atoms with E-state index < -0.39 is 0 Å². The number of likely N-dealkylation sites (tertiary alicyclic amines) is 2. The molecule has 4 atom stereocenters. The van der Waals surface area contributed by atoms with Gasteiger partial charge in [0.05, 0.1) is 12.7 Å². The summed E-state index contributed by atoms with van der Waals surface area (Å²) >= 11 is 0. The Balaban J connectivity index is 1.40. The molecule has 0 amide bonds. The summed E-state index contributed by atoms with van der Waals surface area (Å²) in [5.41, 5.74) is 0. The molecule has 4 nitrogen and oxygen atoms in total. The zero-order valence-electron chi connectivity index (χ0n) is 16.4. The van der Waals surface area contributed by atoms with E-state index >= 15 is 0 Å². The molecule has 140 valence electrons. The highest BCUT2D eigenvalue weighted by molar-refractivity contribution is 4.86. The van der Waals surface area contributed by atoms with Crippen molar-refractivity contribution in [2.24, 2.45) is 5.92 Å². The molecule has 3 aliphatic rings. The topological polar surface area (TPSA) is 19.0 Å². The fourth-order valence-electron chi connectivity index (χ4n) is 4.75. The summed E-state index contributed by atoms with van der Waals surface area (Å²) in [4.78, 5) is 7.95. The quantitative estimate of drug-likeness (QED) is 0.711. The maximum absolute atomic E-state index is 6.06. The Bertz CT molecular complexity index is 385. The molecule has 3 heterocycles. The number of morpholine rings is 1. The summed E-state index contributed by atoms with van der Waals surface area (Å²) in [5.74, 6) is 0.905. The maximum atomic E-state index is 6.06. The lowest BCUT2D eigenvalue weighted by atomic mass is 9.97. The van der Waals surface area contributed by atoms with Gasteiger partial charge in [-0.1, -0.05) is 0 Å². The standard InChI is InChI=1S/C20H39N3O/c1-16(2)22-10-11-24-20(15-22)13-18(4)23-9-6-19(14-23)12-17(3)21-7-5-8-21/h16-20H,5-15H2,1-4H3. The fraction of sp³-hybridized carbons (Fsp3) is 1.00. The first-order valence-corrected chi connectivity index (χ1v) is 10.4. The van der Waals surface area contributed by atoms with Gasteiger partial charge in [0.25, 0.3) is 0 Å². The lowest BCUT2D eigenvalue weighted by Gasteiger charge is -2.38. The van der Waals surface area contributed by atoms with Crippen molar-refractivity contribution < 1.29 is 4.74 Å². The number of hydrogen-bond donors (Lipinski definition) is 0. The minimum Gasteiger partial charge on any atom is -0.375 e.